The van der Waals surface area contributed by atoms with Crippen molar-refractivity contribution in [1.82, 2.24) is 0 Å². The molecule has 0 aliphatic carbocycles. The summed E-state index contributed by atoms with van der Waals surface area (Å²) in [5.41, 5.74) is 1.22. The third-order valence-corrected chi connectivity index (χ3v) is 3.86. The van der Waals surface area contributed by atoms with Crippen molar-refractivity contribution in [3.63, 3.8) is 0 Å². The van der Waals surface area contributed by atoms with Gasteiger partial charge in [-0.1, -0.05) is 33.6 Å². The average Bonchev–Trinajstić information content (AvgIpc) is 2.40. The number of ketones is 1. The van der Waals surface area contributed by atoms with Gasteiger partial charge in [-0.15, -0.1) is 0 Å². The van der Waals surface area contributed by atoms with Crippen LogP contribution in [-0.2, 0) is 6.18 Å². The Balaban J connectivity index is 2.52. The molecule has 0 aromatic heterocycles. The molecule has 1 nitrogen and oxygen atoms in total. The van der Waals surface area contributed by atoms with Crippen LogP contribution in [0.5, 0.6) is 0 Å². The molecule has 0 fully saturated rings. The fraction of sp³-hybridized carbons (Fsp3) is 0.188. The average molecular weight is 357 g/mol. The van der Waals surface area contributed by atoms with Gasteiger partial charge in [0.25, 0.3) is 0 Å². The van der Waals surface area contributed by atoms with Crippen molar-refractivity contribution < 1.29 is 18.0 Å². The molecule has 21 heavy (non-hydrogen) atoms. The Morgan fingerprint density at radius 1 is 1.05 bits per heavy atom. The monoisotopic (exact) mass is 356 g/mol. The number of benzene rings is 2. The van der Waals surface area contributed by atoms with E-state index in [1.54, 1.807) is 19.1 Å². The summed E-state index contributed by atoms with van der Waals surface area (Å²) >= 11 is 2.87. The van der Waals surface area contributed by atoms with Crippen LogP contribution >= 0.6 is 15.9 Å². The first-order valence-corrected chi connectivity index (χ1v) is 6.98. The predicted molar refractivity (Wildman–Crippen MR) is 78.5 cm³/mol. The number of carbonyl (C=O) groups excluding carboxylic acids is 1. The highest BCUT2D eigenvalue weighted by Gasteiger charge is 2.33. The van der Waals surface area contributed by atoms with E-state index in [1.807, 2.05) is 13.0 Å². The summed E-state index contributed by atoms with van der Waals surface area (Å²) in [6, 6.07) is 8.85. The van der Waals surface area contributed by atoms with Gasteiger partial charge in [0.15, 0.2) is 5.78 Å². The summed E-state index contributed by atoms with van der Waals surface area (Å²) in [6.07, 6.45) is -4.50. The van der Waals surface area contributed by atoms with E-state index in [9.17, 15) is 18.0 Å². The molecule has 2 aromatic carbocycles. The Hall–Kier alpha value is -1.62. The Bertz CT molecular complexity index is 705. The second-order valence-corrected chi connectivity index (χ2v) is 5.69. The third-order valence-electron chi connectivity index (χ3n) is 3.17. The number of hydrogen-bond donors (Lipinski definition) is 0. The molecule has 0 aliphatic rings. The molecular formula is C16H12BrF3O. The largest absolute Gasteiger partial charge is 0.417 e. The maximum Gasteiger partial charge on any atom is 0.417 e. The third kappa shape index (κ3) is 3.35. The Morgan fingerprint density at radius 3 is 2.33 bits per heavy atom. The second-order valence-electron chi connectivity index (χ2n) is 4.84. The van der Waals surface area contributed by atoms with Gasteiger partial charge in [0.1, 0.15) is 0 Å². The van der Waals surface area contributed by atoms with Crippen molar-refractivity contribution in [3.8, 4) is 0 Å². The highest BCUT2D eigenvalue weighted by atomic mass is 79.9. The molecule has 0 amide bonds. The van der Waals surface area contributed by atoms with E-state index in [1.165, 1.54) is 12.1 Å². The number of halogens is 4. The number of alkyl halides is 3. The van der Waals surface area contributed by atoms with Crippen molar-refractivity contribution in [2.45, 2.75) is 20.0 Å². The van der Waals surface area contributed by atoms with Crippen LogP contribution in [0.15, 0.2) is 40.9 Å². The van der Waals surface area contributed by atoms with E-state index in [0.717, 1.165) is 17.2 Å². The van der Waals surface area contributed by atoms with E-state index in [2.05, 4.69) is 15.9 Å². The SMILES string of the molecule is Cc1ccc(C)c(C(=O)c2ccc(Br)c(C(F)(F)F)c2)c1. The van der Waals surface area contributed by atoms with E-state index >= 15 is 0 Å². The van der Waals surface area contributed by atoms with Crippen LogP contribution in [0.1, 0.15) is 32.6 Å². The molecule has 110 valence electrons. The summed E-state index contributed by atoms with van der Waals surface area (Å²) in [6.45, 7) is 3.59. The minimum atomic E-state index is -4.50. The second kappa shape index (κ2) is 5.64. The van der Waals surface area contributed by atoms with Gasteiger partial charge in [-0.05, 0) is 43.7 Å². The Kier molecular flexibility index (Phi) is 4.23. The van der Waals surface area contributed by atoms with Gasteiger partial charge >= 0.3 is 6.18 Å². The summed E-state index contributed by atoms with van der Waals surface area (Å²) in [5, 5.41) is 0. The highest BCUT2D eigenvalue weighted by Crippen LogP contribution is 2.35. The smallest absolute Gasteiger partial charge is 0.289 e. The molecule has 0 atom stereocenters. The molecule has 0 aliphatic heterocycles. The highest BCUT2D eigenvalue weighted by molar-refractivity contribution is 9.10. The molecular weight excluding hydrogens is 345 g/mol. The van der Waals surface area contributed by atoms with Crippen molar-refractivity contribution in [1.29, 1.82) is 0 Å². The van der Waals surface area contributed by atoms with Gasteiger partial charge in [0.05, 0.1) is 5.56 Å². The van der Waals surface area contributed by atoms with Crippen molar-refractivity contribution in [3.05, 3.63) is 68.7 Å². The lowest BCUT2D eigenvalue weighted by molar-refractivity contribution is -0.138. The zero-order valence-corrected chi connectivity index (χ0v) is 13.0. The maximum atomic E-state index is 12.9. The fourth-order valence-corrected chi connectivity index (χ4v) is 2.49. The lowest BCUT2D eigenvalue weighted by atomic mass is 9.96. The summed E-state index contributed by atoms with van der Waals surface area (Å²) in [4.78, 5) is 12.4. The summed E-state index contributed by atoms with van der Waals surface area (Å²) < 4.78 is 38.6. The minimum absolute atomic E-state index is 0.0271. The molecule has 0 saturated carbocycles. The molecule has 0 heterocycles. The molecule has 0 spiro atoms. The van der Waals surface area contributed by atoms with E-state index in [4.69, 9.17) is 0 Å². The molecule has 0 unspecified atom stereocenters. The number of aryl methyl sites for hydroxylation is 2. The molecule has 2 rings (SSSR count). The van der Waals surface area contributed by atoms with Crippen LogP contribution < -0.4 is 0 Å². The molecule has 5 heteroatoms. The lowest BCUT2D eigenvalue weighted by Crippen LogP contribution is -2.10. The standard InChI is InChI=1S/C16H12BrF3O/c1-9-3-4-10(2)12(7-9)15(21)11-5-6-14(17)13(8-11)16(18,19)20/h3-8H,1-2H3. The number of hydrogen-bond acceptors (Lipinski definition) is 1. The van der Waals surface area contributed by atoms with Crippen LogP contribution in [0, 0.1) is 13.8 Å². The van der Waals surface area contributed by atoms with Crippen LogP contribution in [-0.4, -0.2) is 5.78 Å². The van der Waals surface area contributed by atoms with Gasteiger partial charge < -0.3 is 0 Å². The normalized spacial score (nSPS) is 11.5. The zero-order valence-electron chi connectivity index (χ0n) is 11.4. The number of carbonyl (C=O) groups is 1. The zero-order chi connectivity index (χ0) is 15.8. The van der Waals surface area contributed by atoms with Gasteiger partial charge in [-0.3, -0.25) is 4.79 Å². The molecule has 2 aromatic rings. The van der Waals surface area contributed by atoms with Crippen molar-refractivity contribution >= 4 is 21.7 Å². The van der Waals surface area contributed by atoms with Gasteiger partial charge in [0.2, 0.25) is 0 Å². The summed E-state index contributed by atoms with van der Waals surface area (Å²) in [7, 11) is 0. The summed E-state index contributed by atoms with van der Waals surface area (Å²) in [5.74, 6) is -0.408. The van der Waals surface area contributed by atoms with Crippen molar-refractivity contribution in [2.24, 2.45) is 0 Å². The van der Waals surface area contributed by atoms with E-state index in [-0.39, 0.29) is 10.0 Å². The molecule has 0 bridgehead atoms. The topological polar surface area (TPSA) is 17.1 Å². The van der Waals surface area contributed by atoms with Gasteiger partial charge in [-0.25, -0.2) is 0 Å². The van der Waals surface area contributed by atoms with E-state index < -0.39 is 17.5 Å². The first kappa shape index (κ1) is 15.8. The molecule has 0 N–H and O–H groups in total. The van der Waals surface area contributed by atoms with Crippen molar-refractivity contribution in [2.75, 3.05) is 0 Å². The first-order chi connectivity index (χ1) is 9.70. The van der Waals surface area contributed by atoms with E-state index in [0.29, 0.717) is 5.56 Å². The minimum Gasteiger partial charge on any atom is -0.289 e. The van der Waals surface area contributed by atoms with Crippen LogP contribution in [0.2, 0.25) is 0 Å². The maximum absolute atomic E-state index is 12.9. The Morgan fingerprint density at radius 2 is 1.71 bits per heavy atom. The van der Waals surface area contributed by atoms with Crippen LogP contribution in [0.3, 0.4) is 0 Å². The van der Waals surface area contributed by atoms with Crippen LogP contribution in [0.25, 0.3) is 0 Å². The predicted octanol–water partition coefficient (Wildman–Crippen LogP) is 5.32. The Labute approximate surface area is 128 Å². The molecule has 0 radical (unpaired) electrons. The first-order valence-electron chi connectivity index (χ1n) is 6.19. The van der Waals surface area contributed by atoms with Crippen LogP contribution in [0.4, 0.5) is 13.2 Å². The van der Waals surface area contributed by atoms with Gasteiger partial charge in [-0.2, -0.15) is 13.2 Å². The quantitative estimate of drug-likeness (QED) is 0.666. The fourth-order valence-electron chi connectivity index (χ4n) is 2.02. The lowest BCUT2D eigenvalue weighted by Gasteiger charge is -2.12. The van der Waals surface area contributed by atoms with Gasteiger partial charge in [0, 0.05) is 15.6 Å². The molecule has 0 saturated heterocycles. The number of rotatable bonds is 2.